The van der Waals surface area contributed by atoms with Crippen LogP contribution in [0.25, 0.3) is 0 Å². The largest absolute Gasteiger partial charge is 0.450 e. The summed E-state index contributed by atoms with van der Waals surface area (Å²) in [6, 6.07) is 13.5. The molecule has 25 heavy (non-hydrogen) atoms. The molecule has 2 amide bonds. The lowest BCUT2D eigenvalue weighted by Gasteiger charge is -2.18. The summed E-state index contributed by atoms with van der Waals surface area (Å²) in [5.41, 5.74) is 1.34. The number of carbonyl (C=O) groups excluding carboxylic acids is 2. The fourth-order valence-corrected chi connectivity index (χ4v) is 2.52. The summed E-state index contributed by atoms with van der Waals surface area (Å²) >= 11 is 11.8. The summed E-state index contributed by atoms with van der Waals surface area (Å²) in [7, 11) is 0. The van der Waals surface area contributed by atoms with Crippen LogP contribution in [0.3, 0.4) is 0 Å². The minimum atomic E-state index is -0.571. The van der Waals surface area contributed by atoms with Crippen molar-refractivity contribution < 1.29 is 14.3 Å². The molecule has 0 spiro atoms. The third-order valence-corrected chi connectivity index (χ3v) is 4.10. The summed E-state index contributed by atoms with van der Waals surface area (Å²) in [6.07, 6.45) is -0.526. The van der Waals surface area contributed by atoms with Crippen LogP contribution in [0.5, 0.6) is 0 Å². The molecule has 0 heterocycles. The standard InChI is InChI=1S/C18H18Cl2N2O3/c1-2-25-18(24)22-16(12-6-4-3-5-7-12)11-17(23)21-13-8-9-14(19)15(20)10-13/h3-10,16H,2,11H2,1H3,(H,21,23)(H,22,24)/t16-/m1/s1. The zero-order valence-corrected chi connectivity index (χ0v) is 15.1. The normalized spacial score (nSPS) is 11.5. The molecule has 2 N–H and O–H groups in total. The van der Waals surface area contributed by atoms with Gasteiger partial charge in [-0.2, -0.15) is 0 Å². The van der Waals surface area contributed by atoms with E-state index in [0.29, 0.717) is 15.7 Å². The van der Waals surface area contributed by atoms with E-state index in [1.54, 1.807) is 25.1 Å². The van der Waals surface area contributed by atoms with Crippen molar-refractivity contribution in [1.82, 2.24) is 5.32 Å². The maximum atomic E-state index is 12.4. The van der Waals surface area contributed by atoms with Crippen molar-refractivity contribution in [2.75, 3.05) is 11.9 Å². The van der Waals surface area contributed by atoms with Crippen molar-refractivity contribution in [1.29, 1.82) is 0 Å². The van der Waals surface area contributed by atoms with Gasteiger partial charge >= 0.3 is 6.09 Å². The predicted molar refractivity (Wildman–Crippen MR) is 99.0 cm³/mol. The number of hydrogen-bond acceptors (Lipinski definition) is 3. The van der Waals surface area contributed by atoms with Crippen molar-refractivity contribution >= 4 is 40.9 Å². The molecule has 2 rings (SSSR count). The van der Waals surface area contributed by atoms with Crippen LogP contribution in [0.2, 0.25) is 10.0 Å². The maximum absolute atomic E-state index is 12.4. The van der Waals surface area contributed by atoms with E-state index in [1.165, 1.54) is 0 Å². The van der Waals surface area contributed by atoms with E-state index < -0.39 is 12.1 Å². The Balaban J connectivity index is 2.08. The second kappa shape index (κ2) is 9.30. The topological polar surface area (TPSA) is 67.4 Å². The molecule has 0 saturated heterocycles. The van der Waals surface area contributed by atoms with Crippen LogP contribution in [0, 0.1) is 0 Å². The number of rotatable bonds is 6. The van der Waals surface area contributed by atoms with E-state index in [1.807, 2.05) is 30.3 Å². The minimum absolute atomic E-state index is 0.0447. The van der Waals surface area contributed by atoms with E-state index in [0.717, 1.165) is 5.56 Å². The van der Waals surface area contributed by atoms with Gasteiger partial charge in [0.15, 0.2) is 0 Å². The number of benzene rings is 2. The van der Waals surface area contributed by atoms with Crippen molar-refractivity contribution in [3.63, 3.8) is 0 Å². The van der Waals surface area contributed by atoms with Crippen LogP contribution < -0.4 is 10.6 Å². The molecule has 2 aromatic rings. The number of amides is 2. The lowest BCUT2D eigenvalue weighted by molar-refractivity contribution is -0.116. The highest BCUT2D eigenvalue weighted by Crippen LogP contribution is 2.25. The fraction of sp³-hybridized carbons (Fsp3) is 0.222. The van der Waals surface area contributed by atoms with Crippen LogP contribution >= 0.6 is 23.2 Å². The number of halogens is 2. The Labute approximate surface area is 156 Å². The number of nitrogens with one attached hydrogen (secondary N) is 2. The van der Waals surface area contributed by atoms with E-state index in [9.17, 15) is 9.59 Å². The van der Waals surface area contributed by atoms with Crippen LogP contribution in [0.4, 0.5) is 10.5 Å². The minimum Gasteiger partial charge on any atom is -0.450 e. The van der Waals surface area contributed by atoms with Crippen molar-refractivity contribution in [3.05, 3.63) is 64.1 Å². The van der Waals surface area contributed by atoms with Crippen LogP contribution in [-0.4, -0.2) is 18.6 Å². The predicted octanol–water partition coefficient (Wildman–Crippen LogP) is 4.81. The van der Waals surface area contributed by atoms with E-state index in [-0.39, 0.29) is 18.9 Å². The van der Waals surface area contributed by atoms with Gasteiger partial charge in [-0.15, -0.1) is 0 Å². The SMILES string of the molecule is CCOC(=O)N[C@H](CC(=O)Nc1ccc(Cl)c(Cl)c1)c1ccccc1. The monoisotopic (exact) mass is 380 g/mol. The van der Waals surface area contributed by atoms with Crippen molar-refractivity contribution in [2.24, 2.45) is 0 Å². The molecule has 2 aromatic carbocycles. The first-order chi connectivity index (χ1) is 12.0. The Morgan fingerprint density at radius 1 is 1.08 bits per heavy atom. The quantitative estimate of drug-likeness (QED) is 0.755. The lowest BCUT2D eigenvalue weighted by Crippen LogP contribution is -2.32. The zero-order chi connectivity index (χ0) is 18.2. The highest BCUT2D eigenvalue weighted by atomic mass is 35.5. The molecule has 1 atom stereocenters. The molecule has 0 saturated carbocycles. The van der Waals surface area contributed by atoms with Crippen LogP contribution in [0.1, 0.15) is 24.9 Å². The second-order valence-electron chi connectivity index (χ2n) is 5.21. The van der Waals surface area contributed by atoms with Gasteiger partial charge in [0.05, 0.1) is 29.1 Å². The average Bonchev–Trinajstić information content (AvgIpc) is 2.58. The highest BCUT2D eigenvalue weighted by Gasteiger charge is 2.19. The zero-order valence-electron chi connectivity index (χ0n) is 13.6. The van der Waals surface area contributed by atoms with E-state index in [4.69, 9.17) is 27.9 Å². The van der Waals surface area contributed by atoms with Gasteiger partial charge in [0.2, 0.25) is 5.91 Å². The van der Waals surface area contributed by atoms with Gasteiger partial charge in [-0.05, 0) is 30.7 Å². The Kier molecular flexibility index (Phi) is 7.10. The molecule has 0 aliphatic rings. The summed E-state index contributed by atoms with van der Waals surface area (Å²) < 4.78 is 4.91. The van der Waals surface area contributed by atoms with Gasteiger partial charge in [0.1, 0.15) is 0 Å². The third kappa shape index (κ3) is 5.96. The Hall–Kier alpha value is -2.24. The summed E-state index contributed by atoms with van der Waals surface area (Å²) in [5.74, 6) is -0.274. The second-order valence-corrected chi connectivity index (χ2v) is 6.02. The summed E-state index contributed by atoms with van der Waals surface area (Å²) in [6.45, 7) is 1.97. The number of alkyl carbamates (subject to hydrolysis) is 1. The van der Waals surface area contributed by atoms with Gasteiger partial charge in [-0.3, -0.25) is 4.79 Å². The molecule has 0 aliphatic heterocycles. The van der Waals surface area contributed by atoms with Crippen molar-refractivity contribution in [2.45, 2.75) is 19.4 Å². The Morgan fingerprint density at radius 2 is 1.80 bits per heavy atom. The molecule has 0 unspecified atom stereocenters. The Morgan fingerprint density at radius 3 is 2.44 bits per heavy atom. The molecule has 0 fully saturated rings. The molecular formula is C18H18Cl2N2O3. The molecule has 132 valence electrons. The molecule has 0 bridgehead atoms. The average molecular weight is 381 g/mol. The first-order valence-corrected chi connectivity index (χ1v) is 8.48. The smallest absolute Gasteiger partial charge is 0.407 e. The number of anilines is 1. The summed E-state index contributed by atoms with van der Waals surface area (Å²) in [5, 5.41) is 6.20. The molecule has 5 nitrogen and oxygen atoms in total. The van der Waals surface area contributed by atoms with Crippen LogP contribution in [0.15, 0.2) is 48.5 Å². The van der Waals surface area contributed by atoms with Crippen molar-refractivity contribution in [3.8, 4) is 0 Å². The number of carbonyl (C=O) groups is 2. The Bertz CT molecular complexity index is 738. The summed E-state index contributed by atoms with van der Waals surface area (Å²) in [4.78, 5) is 24.1. The van der Waals surface area contributed by atoms with Gasteiger partial charge < -0.3 is 15.4 Å². The van der Waals surface area contributed by atoms with E-state index >= 15 is 0 Å². The highest BCUT2D eigenvalue weighted by molar-refractivity contribution is 6.42. The first kappa shape index (κ1) is 19.1. The first-order valence-electron chi connectivity index (χ1n) is 7.72. The number of hydrogen-bond donors (Lipinski definition) is 2. The lowest BCUT2D eigenvalue weighted by atomic mass is 10.0. The number of ether oxygens (including phenoxy) is 1. The molecular weight excluding hydrogens is 363 g/mol. The van der Waals surface area contributed by atoms with E-state index in [2.05, 4.69) is 10.6 Å². The molecule has 0 radical (unpaired) electrons. The van der Waals surface area contributed by atoms with Gasteiger partial charge in [0.25, 0.3) is 0 Å². The van der Waals surface area contributed by atoms with Gasteiger partial charge in [-0.1, -0.05) is 53.5 Å². The van der Waals surface area contributed by atoms with Gasteiger partial charge in [-0.25, -0.2) is 4.79 Å². The molecule has 0 aliphatic carbocycles. The fourth-order valence-electron chi connectivity index (χ4n) is 2.22. The maximum Gasteiger partial charge on any atom is 0.407 e. The van der Waals surface area contributed by atoms with Gasteiger partial charge in [0, 0.05) is 5.69 Å². The third-order valence-electron chi connectivity index (χ3n) is 3.36. The van der Waals surface area contributed by atoms with Crippen LogP contribution in [-0.2, 0) is 9.53 Å². The molecule has 7 heteroatoms. The molecule has 0 aromatic heterocycles.